The van der Waals surface area contributed by atoms with Crippen molar-refractivity contribution in [1.82, 2.24) is 9.55 Å². The first kappa shape index (κ1) is 17.5. The predicted molar refractivity (Wildman–Crippen MR) is 104 cm³/mol. The number of ether oxygens (including phenoxy) is 1. The molecule has 0 aliphatic rings. The summed E-state index contributed by atoms with van der Waals surface area (Å²) in [6, 6.07) is 13.8. The summed E-state index contributed by atoms with van der Waals surface area (Å²) in [6.07, 6.45) is 0.890. The van der Waals surface area contributed by atoms with Crippen LogP contribution in [0, 0.1) is 13.8 Å². The number of fused-ring (bicyclic) bond motifs is 1. The first-order valence-corrected chi connectivity index (χ1v) is 9.33. The quantitative estimate of drug-likeness (QED) is 0.380. The zero-order valence-corrected chi connectivity index (χ0v) is 15.6. The number of rotatable bonds is 6. The van der Waals surface area contributed by atoms with Gasteiger partial charge in [-0.25, -0.2) is 4.98 Å². The SMILES string of the molecule is Cc1ccc2nc(SCCCOc3ccccc3C)n(C)c(=O)c2c1. The lowest BCUT2D eigenvalue weighted by atomic mass is 10.2. The minimum atomic E-state index is 0.00682. The molecule has 25 heavy (non-hydrogen) atoms. The molecule has 0 radical (unpaired) electrons. The Morgan fingerprint density at radius 3 is 2.76 bits per heavy atom. The van der Waals surface area contributed by atoms with Gasteiger partial charge in [0.25, 0.3) is 5.56 Å². The van der Waals surface area contributed by atoms with E-state index in [1.54, 1.807) is 23.4 Å². The van der Waals surface area contributed by atoms with Crippen molar-refractivity contribution in [2.75, 3.05) is 12.4 Å². The number of thioether (sulfide) groups is 1. The van der Waals surface area contributed by atoms with E-state index in [0.29, 0.717) is 12.0 Å². The molecule has 3 rings (SSSR count). The third-order valence-electron chi connectivity index (χ3n) is 4.06. The number of aromatic nitrogens is 2. The van der Waals surface area contributed by atoms with Crippen LogP contribution >= 0.6 is 11.8 Å². The Morgan fingerprint density at radius 2 is 1.96 bits per heavy atom. The molecule has 0 amide bonds. The van der Waals surface area contributed by atoms with Crippen molar-refractivity contribution < 1.29 is 4.74 Å². The highest BCUT2D eigenvalue weighted by molar-refractivity contribution is 7.99. The molecule has 0 aliphatic heterocycles. The Bertz CT molecular complexity index is 950. The van der Waals surface area contributed by atoms with Gasteiger partial charge in [0.05, 0.1) is 17.5 Å². The standard InChI is InChI=1S/C20H22N2O2S/c1-14-9-10-17-16(13-14)19(23)22(3)20(21-17)25-12-6-11-24-18-8-5-4-7-15(18)2/h4-5,7-10,13H,6,11-12H2,1-3H3. The summed E-state index contributed by atoms with van der Waals surface area (Å²) in [5, 5.41) is 1.42. The van der Waals surface area contributed by atoms with Crippen LogP contribution in [0.1, 0.15) is 17.5 Å². The van der Waals surface area contributed by atoms with Crippen LogP contribution in [0.25, 0.3) is 10.9 Å². The topological polar surface area (TPSA) is 44.1 Å². The molecule has 1 heterocycles. The van der Waals surface area contributed by atoms with Crippen molar-refractivity contribution in [2.45, 2.75) is 25.4 Å². The van der Waals surface area contributed by atoms with E-state index < -0.39 is 0 Å². The van der Waals surface area contributed by atoms with Crippen LogP contribution in [-0.2, 0) is 7.05 Å². The molecule has 130 valence electrons. The minimum Gasteiger partial charge on any atom is -0.493 e. The van der Waals surface area contributed by atoms with Gasteiger partial charge in [-0.05, 0) is 44.0 Å². The third-order valence-corrected chi connectivity index (χ3v) is 5.18. The van der Waals surface area contributed by atoms with Gasteiger partial charge in [-0.15, -0.1) is 0 Å². The highest BCUT2D eigenvalue weighted by Crippen LogP contribution is 2.20. The number of benzene rings is 2. The van der Waals surface area contributed by atoms with Crippen LogP contribution in [0.15, 0.2) is 52.4 Å². The summed E-state index contributed by atoms with van der Waals surface area (Å²) in [5.74, 6) is 1.78. The predicted octanol–water partition coefficient (Wildman–Crippen LogP) is 4.11. The van der Waals surface area contributed by atoms with E-state index in [-0.39, 0.29) is 5.56 Å². The number of para-hydroxylation sites is 1. The van der Waals surface area contributed by atoms with E-state index in [2.05, 4.69) is 4.98 Å². The normalized spacial score (nSPS) is 11.0. The van der Waals surface area contributed by atoms with Crippen molar-refractivity contribution in [1.29, 1.82) is 0 Å². The van der Waals surface area contributed by atoms with E-state index in [4.69, 9.17) is 4.74 Å². The van der Waals surface area contributed by atoms with Crippen molar-refractivity contribution in [3.8, 4) is 5.75 Å². The largest absolute Gasteiger partial charge is 0.493 e. The zero-order chi connectivity index (χ0) is 17.8. The maximum absolute atomic E-state index is 12.5. The highest BCUT2D eigenvalue weighted by Gasteiger charge is 2.09. The second kappa shape index (κ2) is 7.74. The molecule has 0 fully saturated rings. The van der Waals surface area contributed by atoms with Crippen LogP contribution in [0.5, 0.6) is 5.75 Å². The lowest BCUT2D eigenvalue weighted by Crippen LogP contribution is -2.20. The van der Waals surface area contributed by atoms with Crippen molar-refractivity contribution >= 4 is 22.7 Å². The Balaban J connectivity index is 1.62. The number of aryl methyl sites for hydroxylation is 2. The average Bonchev–Trinajstić information content (AvgIpc) is 2.61. The fourth-order valence-corrected chi connectivity index (χ4v) is 3.50. The summed E-state index contributed by atoms with van der Waals surface area (Å²) in [4.78, 5) is 17.1. The lowest BCUT2D eigenvalue weighted by molar-refractivity contribution is 0.316. The number of hydrogen-bond donors (Lipinski definition) is 0. The van der Waals surface area contributed by atoms with E-state index in [0.717, 1.165) is 39.7 Å². The fourth-order valence-electron chi connectivity index (χ4n) is 2.62. The molecule has 0 saturated carbocycles. The highest BCUT2D eigenvalue weighted by atomic mass is 32.2. The van der Waals surface area contributed by atoms with Gasteiger partial charge in [0, 0.05) is 12.8 Å². The minimum absolute atomic E-state index is 0.00682. The van der Waals surface area contributed by atoms with Gasteiger partial charge in [-0.3, -0.25) is 9.36 Å². The molecule has 0 atom stereocenters. The van der Waals surface area contributed by atoms with E-state index in [9.17, 15) is 4.79 Å². The smallest absolute Gasteiger partial charge is 0.261 e. The van der Waals surface area contributed by atoms with E-state index >= 15 is 0 Å². The molecule has 4 nitrogen and oxygen atoms in total. The summed E-state index contributed by atoms with van der Waals surface area (Å²) in [6.45, 7) is 4.68. The summed E-state index contributed by atoms with van der Waals surface area (Å²) in [7, 11) is 1.78. The molecule has 2 aromatic carbocycles. The molecule has 0 aliphatic carbocycles. The first-order chi connectivity index (χ1) is 12.1. The maximum atomic E-state index is 12.5. The Kier molecular flexibility index (Phi) is 5.43. The molecule has 0 N–H and O–H groups in total. The molecule has 0 bridgehead atoms. The first-order valence-electron chi connectivity index (χ1n) is 8.35. The molecular weight excluding hydrogens is 332 g/mol. The Morgan fingerprint density at radius 1 is 1.16 bits per heavy atom. The summed E-state index contributed by atoms with van der Waals surface area (Å²) in [5.41, 5.74) is 2.98. The third kappa shape index (κ3) is 4.04. The molecular formula is C20H22N2O2S. The van der Waals surface area contributed by atoms with E-state index in [1.807, 2.05) is 56.3 Å². The van der Waals surface area contributed by atoms with Gasteiger partial charge in [0.15, 0.2) is 5.16 Å². The van der Waals surface area contributed by atoms with Crippen LogP contribution in [0.4, 0.5) is 0 Å². The second-order valence-electron chi connectivity index (χ2n) is 6.10. The fraction of sp³-hybridized carbons (Fsp3) is 0.300. The van der Waals surface area contributed by atoms with Crippen LogP contribution in [0.3, 0.4) is 0 Å². The van der Waals surface area contributed by atoms with Gasteiger partial charge in [0.1, 0.15) is 5.75 Å². The van der Waals surface area contributed by atoms with Crippen molar-refractivity contribution in [2.24, 2.45) is 7.05 Å². The van der Waals surface area contributed by atoms with Gasteiger partial charge in [-0.1, -0.05) is 41.6 Å². The van der Waals surface area contributed by atoms with Crippen molar-refractivity contribution in [3.05, 3.63) is 63.9 Å². The van der Waals surface area contributed by atoms with Crippen LogP contribution in [0.2, 0.25) is 0 Å². The molecule has 0 spiro atoms. The molecule has 0 unspecified atom stereocenters. The second-order valence-corrected chi connectivity index (χ2v) is 7.16. The van der Waals surface area contributed by atoms with Gasteiger partial charge in [-0.2, -0.15) is 0 Å². The number of hydrogen-bond acceptors (Lipinski definition) is 4. The van der Waals surface area contributed by atoms with Gasteiger partial charge in [0.2, 0.25) is 0 Å². The zero-order valence-electron chi connectivity index (χ0n) is 14.8. The lowest BCUT2D eigenvalue weighted by Gasteiger charge is -2.10. The van der Waals surface area contributed by atoms with Crippen LogP contribution in [-0.4, -0.2) is 21.9 Å². The number of nitrogens with zero attached hydrogens (tertiary/aromatic N) is 2. The van der Waals surface area contributed by atoms with Crippen LogP contribution < -0.4 is 10.3 Å². The van der Waals surface area contributed by atoms with Crippen molar-refractivity contribution in [3.63, 3.8) is 0 Å². The molecule has 5 heteroatoms. The monoisotopic (exact) mass is 354 g/mol. The van der Waals surface area contributed by atoms with Gasteiger partial charge >= 0.3 is 0 Å². The van der Waals surface area contributed by atoms with E-state index in [1.165, 1.54) is 0 Å². The Hall–Kier alpha value is -2.27. The van der Waals surface area contributed by atoms with Gasteiger partial charge < -0.3 is 4.74 Å². The molecule has 0 saturated heterocycles. The maximum Gasteiger partial charge on any atom is 0.261 e. The average molecular weight is 354 g/mol. The summed E-state index contributed by atoms with van der Waals surface area (Å²) >= 11 is 1.59. The Labute approximate surface area is 151 Å². The molecule has 1 aromatic heterocycles. The molecule has 3 aromatic rings. The summed E-state index contributed by atoms with van der Waals surface area (Å²) < 4.78 is 7.44.